The van der Waals surface area contributed by atoms with Gasteiger partial charge in [0.15, 0.2) is 0 Å². The van der Waals surface area contributed by atoms with Crippen LogP contribution in [0.15, 0.2) is 30.5 Å². The monoisotopic (exact) mass is 297 g/mol. The third-order valence-electron chi connectivity index (χ3n) is 4.04. The first-order valence-electron chi connectivity index (χ1n) is 7.92. The summed E-state index contributed by atoms with van der Waals surface area (Å²) in [7, 11) is 0. The quantitative estimate of drug-likeness (QED) is 0.914. The highest BCUT2D eigenvalue weighted by atomic mass is 16.2. The van der Waals surface area contributed by atoms with Crippen LogP contribution in [0.3, 0.4) is 0 Å². The Kier molecular flexibility index (Phi) is 3.77. The van der Waals surface area contributed by atoms with Gasteiger partial charge in [0.05, 0.1) is 11.4 Å². The number of benzene rings is 1. The Balaban J connectivity index is 1.94. The number of nitrogens with zero attached hydrogens (tertiary/aromatic N) is 2. The van der Waals surface area contributed by atoms with Gasteiger partial charge in [-0.1, -0.05) is 39.0 Å². The fourth-order valence-electron chi connectivity index (χ4n) is 2.67. The van der Waals surface area contributed by atoms with Crippen molar-refractivity contribution < 1.29 is 4.79 Å². The van der Waals surface area contributed by atoms with Crippen molar-refractivity contribution in [2.75, 3.05) is 5.32 Å². The van der Waals surface area contributed by atoms with Gasteiger partial charge in [-0.2, -0.15) is 0 Å². The first-order chi connectivity index (χ1) is 10.4. The predicted molar refractivity (Wildman–Crippen MR) is 88.7 cm³/mol. The van der Waals surface area contributed by atoms with Crippen molar-refractivity contribution in [3.8, 4) is 11.3 Å². The number of carbonyl (C=O) groups is 1. The van der Waals surface area contributed by atoms with E-state index in [-0.39, 0.29) is 5.91 Å². The van der Waals surface area contributed by atoms with E-state index in [4.69, 9.17) is 4.98 Å². The normalized spacial score (nSPS) is 14.5. The Morgan fingerprint density at radius 1 is 1.23 bits per heavy atom. The van der Waals surface area contributed by atoms with Crippen LogP contribution in [0.25, 0.3) is 11.3 Å². The summed E-state index contributed by atoms with van der Waals surface area (Å²) in [4.78, 5) is 17.0. The lowest BCUT2D eigenvalue weighted by molar-refractivity contribution is -0.123. The molecule has 116 valence electrons. The van der Waals surface area contributed by atoms with Gasteiger partial charge in [0.25, 0.3) is 0 Å². The minimum absolute atomic E-state index is 0.0175. The first kappa shape index (κ1) is 14.8. The molecule has 0 bridgehead atoms. The van der Waals surface area contributed by atoms with Crippen LogP contribution in [0.2, 0.25) is 0 Å². The summed E-state index contributed by atoms with van der Waals surface area (Å²) in [6.07, 6.45) is 5.57. The molecular formula is C18H23N3O. The molecule has 22 heavy (non-hydrogen) atoms. The number of para-hydroxylation sites is 1. The second-order valence-electron chi connectivity index (χ2n) is 6.94. The maximum Gasteiger partial charge on any atom is 0.229 e. The van der Waals surface area contributed by atoms with Gasteiger partial charge in [0, 0.05) is 30.1 Å². The number of imidazole rings is 1. The van der Waals surface area contributed by atoms with Crippen LogP contribution in [-0.4, -0.2) is 15.5 Å². The smallest absolute Gasteiger partial charge is 0.229 e. The summed E-state index contributed by atoms with van der Waals surface area (Å²) in [6, 6.07) is 7.89. The zero-order valence-corrected chi connectivity index (χ0v) is 13.5. The van der Waals surface area contributed by atoms with Crippen LogP contribution in [0, 0.1) is 5.41 Å². The van der Waals surface area contributed by atoms with Crippen molar-refractivity contribution in [3.05, 3.63) is 36.3 Å². The lowest BCUT2D eigenvalue weighted by Gasteiger charge is -2.19. The standard InChI is InChI=1S/C18H23N3O/c1-18(2,3)17(22)20-14-9-5-4-8-13(14)15-12-21-11-7-6-10-16(21)19-15/h4-5,8-9,12H,6-7,10-11H2,1-3H3,(H,20,22). The van der Waals surface area contributed by atoms with Gasteiger partial charge in [-0.05, 0) is 18.9 Å². The molecule has 1 aromatic heterocycles. The summed E-state index contributed by atoms with van der Waals surface area (Å²) in [5, 5.41) is 3.04. The Morgan fingerprint density at radius 3 is 2.73 bits per heavy atom. The van der Waals surface area contributed by atoms with Crippen molar-refractivity contribution in [1.82, 2.24) is 9.55 Å². The van der Waals surface area contributed by atoms with Gasteiger partial charge < -0.3 is 9.88 Å². The molecule has 0 saturated carbocycles. The molecule has 0 atom stereocenters. The summed E-state index contributed by atoms with van der Waals surface area (Å²) < 4.78 is 2.24. The van der Waals surface area contributed by atoms with Crippen LogP contribution in [-0.2, 0) is 17.8 Å². The maximum absolute atomic E-state index is 12.3. The first-order valence-corrected chi connectivity index (χ1v) is 7.92. The number of nitrogens with one attached hydrogen (secondary N) is 1. The van der Waals surface area contributed by atoms with Gasteiger partial charge in [-0.3, -0.25) is 4.79 Å². The number of rotatable bonds is 2. The van der Waals surface area contributed by atoms with E-state index >= 15 is 0 Å². The molecule has 1 amide bonds. The molecule has 0 aliphatic carbocycles. The number of hydrogen-bond donors (Lipinski definition) is 1. The van der Waals surface area contributed by atoms with Gasteiger partial charge in [-0.25, -0.2) is 4.98 Å². The van der Waals surface area contributed by atoms with Crippen molar-refractivity contribution >= 4 is 11.6 Å². The highest BCUT2D eigenvalue weighted by Crippen LogP contribution is 2.30. The van der Waals surface area contributed by atoms with Crippen LogP contribution < -0.4 is 5.32 Å². The molecule has 0 fully saturated rings. The molecule has 0 radical (unpaired) electrons. The minimum Gasteiger partial charge on any atom is -0.334 e. The third-order valence-corrected chi connectivity index (χ3v) is 4.04. The molecule has 4 heteroatoms. The van der Waals surface area contributed by atoms with E-state index in [0.29, 0.717) is 0 Å². The number of hydrogen-bond acceptors (Lipinski definition) is 2. The number of anilines is 1. The predicted octanol–water partition coefficient (Wildman–Crippen LogP) is 3.87. The molecule has 3 rings (SSSR count). The van der Waals surface area contributed by atoms with Crippen molar-refractivity contribution in [2.45, 2.75) is 46.6 Å². The largest absolute Gasteiger partial charge is 0.334 e. The van der Waals surface area contributed by atoms with E-state index in [0.717, 1.165) is 35.7 Å². The fraction of sp³-hybridized carbons (Fsp3) is 0.444. The van der Waals surface area contributed by atoms with Gasteiger partial charge >= 0.3 is 0 Å². The molecule has 0 unspecified atom stereocenters. The molecule has 4 nitrogen and oxygen atoms in total. The van der Waals surface area contributed by atoms with Crippen molar-refractivity contribution in [3.63, 3.8) is 0 Å². The molecule has 1 aromatic carbocycles. The number of aryl methyl sites for hydroxylation is 2. The van der Waals surface area contributed by atoms with Crippen LogP contribution >= 0.6 is 0 Å². The third kappa shape index (κ3) is 2.91. The zero-order valence-electron chi connectivity index (χ0n) is 13.5. The molecule has 0 spiro atoms. The molecule has 1 aliphatic rings. The van der Waals surface area contributed by atoms with Gasteiger partial charge in [-0.15, -0.1) is 0 Å². The van der Waals surface area contributed by atoms with Crippen LogP contribution in [0.4, 0.5) is 5.69 Å². The van der Waals surface area contributed by atoms with Crippen molar-refractivity contribution in [1.29, 1.82) is 0 Å². The SMILES string of the molecule is CC(C)(C)C(=O)Nc1ccccc1-c1cn2c(n1)CCCC2. The number of aromatic nitrogens is 2. The topological polar surface area (TPSA) is 46.9 Å². The molecule has 1 N–H and O–H groups in total. The highest BCUT2D eigenvalue weighted by Gasteiger charge is 2.23. The number of fused-ring (bicyclic) bond motifs is 1. The van der Waals surface area contributed by atoms with Crippen molar-refractivity contribution in [2.24, 2.45) is 5.41 Å². The number of carbonyl (C=O) groups excluding carboxylic acids is 1. The maximum atomic E-state index is 12.3. The summed E-state index contributed by atoms with van der Waals surface area (Å²) in [5.74, 6) is 1.17. The average molecular weight is 297 g/mol. The van der Waals surface area contributed by atoms with E-state index in [2.05, 4.69) is 16.1 Å². The average Bonchev–Trinajstić information content (AvgIpc) is 2.90. The molecule has 1 aliphatic heterocycles. The molecule has 2 heterocycles. The van der Waals surface area contributed by atoms with Crippen LogP contribution in [0.1, 0.15) is 39.4 Å². The Morgan fingerprint density at radius 2 is 2.00 bits per heavy atom. The second-order valence-corrected chi connectivity index (χ2v) is 6.94. The Labute approximate surface area is 131 Å². The van der Waals surface area contributed by atoms with E-state index in [9.17, 15) is 4.79 Å². The molecule has 2 aromatic rings. The number of amides is 1. The Hall–Kier alpha value is -2.10. The Bertz CT molecular complexity index is 671. The molecule has 0 saturated heterocycles. The fourth-order valence-corrected chi connectivity index (χ4v) is 2.67. The van der Waals surface area contributed by atoms with Gasteiger partial charge in [0.2, 0.25) is 5.91 Å². The summed E-state index contributed by atoms with van der Waals surface area (Å²) in [6.45, 7) is 6.79. The van der Waals surface area contributed by atoms with E-state index in [1.165, 1.54) is 12.8 Å². The van der Waals surface area contributed by atoms with Crippen LogP contribution in [0.5, 0.6) is 0 Å². The lowest BCUT2D eigenvalue weighted by Crippen LogP contribution is -2.27. The summed E-state index contributed by atoms with van der Waals surface area (Å²) >= 11 is 0. The second kappa shape index (κ2) is 5.59. The highest BCUT2D eigenvalue weighted by molar-refractivity contribution is 5.97. The lowest BCUT2D eigenvalue weighted by atomic mass is 9.95. The van der Waals surface area contributed by atoms with E-state index in [1.807, 2.05) is 45.0 Å². The summed E-state index contributed by atoms with van der Waals surface area (Å²) in [5.41, 5.74) is 2.35. The van der Waals surface area contributed by atoms with Gasteiger partial charge in [0.1, 0.15) is 5.82 Å². The molecular weight excluding hydrogens is 274 g/mol. The zero-order chi connectivity index (χ0) is 15.7. The minimum atomic E-state index is -0.416. The van der Waals surface area contributed by atoms with E-state index in [1.54, 1.807) is 0 Å². The van der Waals surface area contributed by atoms with E-state index < -0.39 is 5.41 Å².